The van der Waals surface area contributed by atoms with Crippen LogP contribution in [0.25, 0.3) is 0 Å². The van der Waals surface area contributed by atoms with E-state index in [0.29, 0.717) is 17.9 Å². The number of benzene rings is 2. The SMILES string of the molecule is CCCCCCCCCCCCCCOc1ccc(CC(=O)Nc2cccc(C[n+]3cscc3C)c2)cc1C(C)=O. The Labute approximate surface area is 251 Å². The standard InChI is InChI=1S/C35H48N2O3S/c1-4-5-6-7-8-9-10-11-12-13-14-15-21-40-34-20-19-30(23-33(34)29(3)38)24-35(39)36-32-18-16-17-31(22-32)25-37-27-41-26-28(37)2/h16-20,22-23,26-27H,4-15,21,24-25H2,1-3H3/p+1. The second-order valence-corrected chi connectivity index (χ2v) is 11.9. The number of anilines is 1. The zero-order chi connectivity index (χ0) is 29.3. The Morgan fingerprint density at radius 1 is 0.854 bits per heavy atom. The van der Waals surface area contributed by atoms with Crippen molar-refractivity contribution in [1.82, 2.24) is 0 Å². The number of Topliss-reactive ketones (excluding diaryl/α,β-unsaturated/α-hetero) is 1. The van der Waals surface area contributed by atoms with Crippen LogP contribution in [0.15, 0.2) is 53.4 Å². The number of amides is 1. The highest BCUT2D eigenvalue weighted by atomic mass is 32.1. The second kappa shape index (κ2) is 18.4. The van der Waals surface area contributed by atoms with E-state index in [4.69, 9.17) is 4.74 Å². The summed E-state index contributed by atoms with van der Waals surface area (Å²) in [5, 5.41) is 5.13. The van der Waals surface area contributed by atoms with Gasteiger partial charge in [-0.25, -0.2) is 0 Å². The van der Waals surface area contributed by atoms with E-state index in [9.17, 15) is 9.59 Å². The van der Waals surface area contributed by atoms with Gasteiger partial charge in [0.15, 0.2) is 18.0 Å². The van der Waals surface area contributed by atoms with Gasteiger partial charge in [-0.1, -0.05) is 107 Å². The third-order valence-electron chi connectivity index (χ3n) is 7.49. The van der Waals surface area contributed by atoms with Crippen LogP contribution in [0.2, 0.25) is 0 Å². The number of ketones is 1. The van der Waals surface area contributed by atoms with Gasteiger partial charge in [-0.05, 0) is 43.2 Å². The van der Waals surface area contributed by atoms with Crippen molar-refractivity contribution in [2.75, 3.05) is 11.9 Å². The molecule has 0 spiro atoms. The van der Waals surface area contributed by atoms with E-state index in [-0.39, 0.29) is 18.1 Å². The van der Waals surface area contributed by atoms with Gasteiger partial charge in [-0.15, -0.1) is 0 Å². The third kappa shape index (κ3) is 12.2. The molecule has 222 valence electrons. The third-order valence-corrected chi connectivity index (χ3v) is 8.34. The first-order valence-electron chi connectivity index (χ1n) is 15.5. The molecule has 3 rings (SSSR count). The molecule has 0 radical (unpaired) electrons. The molecule has 0 fully saturated rings. The molecular weight excluding hydrogens is 528 g/mol. The fourth-order valence-corrected chi connectivity index (χ4v) is 5.84. The van der Waals surface area contributed by atoms with E-state index in [1.54, 1.807) is 24.3 Å². The van der Waals surface area contributed by atoms with Crippen molar-refractivity contribution >= 4 is 28.7 Å². The summed E-state index contributed by atoms with van der Waals surface area (Å²) >= 11 is 1.68. The number of rotatable bonds is 20. The van der Waals surface area contributed by atoms with Gasteiger partial charge in [0.25, 0.3) is 0 Å². The molecular formula is C35H49N2O3S+. The van der Waals surface area contributed by atoms with Crippen molar-refractivity contribution in [3.63, 3.8) is 0 Å². The van der Waals surface area contributed by atoms with Crippen molar-refractivity contribution in [2.45, 2.75) is 111 Å². The summed E-state index contributed by atoms with van der Waals surface area (Å²) in [5.74, 6) is 0.450. The molecule has 2 aromatic carbocycles. The maximum Gasteiger partial charge on any atom is 0.228 e. The lowest BCUT2D eigenvalue weighted by molar-refractivity contribution is -0.689. The molecule has 0 bridgehead atoms. The summed E-state index contributed by atoms with van der Waals surface area (Å²) in [7, 11) is 0. The zero-order valence-electron chi connectivity index (χ0n) is 25.4. The van der Waals surface area contributed by atoms with Crippen LogP contribution in [0.5, 0.6) is 5.75 Å². The van der Waals surface area contributed by atoms with Gasteiger partial charge in [0.05, 0.1) is 24.0 Å². The molecule has 41 heavy (non-hydrogen) atoms. The van der Waals surface area contributed by atoms with Crippen molar-refractivity contribution < 1.29 is 18.9 Å². The smallest absolute Gasteiger partial charge is 0.228 e. The Bertz CT molecular complexity index is 1220. The lowest BCUT2D eigenvalue weighted by Gasteiger charge is -2.12. The quantitative estimate of drug-likeness (QED) is 0.0829. The first-order valence-corrected chi connectivity index (χ1v) is 16.5. The average molecular weight is 578 g/mol. The second-order valence-electron chi connectivity index (χ2n) is 11.2. The summed E-state index contributed by atoms with van der Waals surface area (Å²) in [4.78, 5) is 25.1. The zero-order valence-corrected chi connectivity index (χ0v) is 26.2. The molecule has 5 nitrogen and oxygen atoms in total. The van der Waals surface area contributed by atoms with Gasteiger partial charge < -0.3 is 10.1 Å². The molecule has 0 aliphatic rings. The molecule has 0 aliphatic heterocycles. The van der Waals surface area contributed by atoms with Gasteiger partial charge >= 0.3 is 0 Å². The predicted molar refractivity (Wildman–Crippen MR) is 170 cm³/mol. The van der Waals surface area contributed by atoms with Crippen LogP contribution in [0.4, 0.5) is 5.69 Å². The first-order chi connectivity index (χ1) is 20.0. The Morgan fingerprint density at radius 2 is 1.54 bits per heavy atom. The van der Waals surface area contributed by atoms with Crippen LogP contribution < -0.4 is 14.6 Å². The fraction of sp³-hybridized carbons (Fsp3) is 0.514. The molecule has 1 aromatic heterocycles. The van der Waals surface area contributed by atoms with Crippen molar-refractivity contribution in [1.29, 1.82) is 0 Å². The molecule has 0 unspecified atom stereocenters. The minimum absolute atomic E-state index is 0.0501. The van der Waals surface area contributed by atoms with Gasteiger partial charge in [-0.2, -0.15) is 4.57 Å². The Morgan fingerprint density at radius 3 is 2.17 bits per heavy atom. The summed E-state index contributed by atoms with van der Waals surface area (Å²) < 4.78 is 8.18. The highest BCUT2D eigenvalue weighted by Gasteiger charge is 2.13. The highest BCUT2D eigenvalue weighted by molar-refractivity contribution is 7.07. The Hall–Kier alpha value is -2.99. The lowest BCUT2D eigenvalue weighted by atomic mass is 10.0. The van der Waals surface area contributed by atoms with Crippen LogP contribution in [0, 0.1) is 6.92 Å². The van der Waals surface area contributed by atoms with Crippen molar-refractivity contribution in [2.24, 2.45) is 0 Å². The van der Waals surface area contributed by atoms with Crippen molar-refractivity contribution in [3.05, 3.63) is 75.7 Å². The predicted octanol–water partition coefficient (Wildman–Crippen LogP) is 8.86. The lowest BCUT2D eigenvalue weighted by Crippen LogP contribution is -2.34. The van der Waals surface area contributed by atoms with Gasteiger partial charge in [0.2, 0.25) is 11.4 Å². The van der Waals surface area contributed by atoms with E-state index < -0.39 is 0 Å². The van der Waals surface area contributed by atoms with E-state index in [1.165, 1.54) is 69.9 Å². The van der Waals surface area contributed by atoms with Crippen molar-refractivity contribution in [3.8, 4) is 5.75 Å². The van der Waals surface area contributed by atoms with Crippen LogP contribution in [0.1, 0.15) is 118 Å². The normalized spacial score (nSPS) is 11.0. The number of aromatic nitrogens is 1. The van der Waals surface area contributed by atoms with Crippen LogP contribution >= 0.6 is 11.3 Å². The molecule has 1 N–H and O–H groups in total. The number of unbranched alkanes of at least 4 members (excludes halogenated alkanes) is 11. The number of nitrogens with one attached hydrogen (secondary N) is 1. The van der Waals surface area contributed by atoms with Gasteiger partial charge in [0.1, 0.15) is 5.75 Å². The Balaban J connectivity index is 1.38. The molecule has 0 aliphatic carbocycles. The number of aryl methyl sites for hydroxylation is 1. The minimum Gasteiger partial charge on any atom is -0.493 e. The Kier molecular flexibility index (Phi) is 14.6. The summed E-state index contributed by atoms with van der Waals surface area (Å²) in [6.45, 7) is 7.28. The molecule has 0 saturated heterocycles. The fourth-order valence-electron chi connectivity index (χ4n) is 5.06. The van der Waals surface area contributed by atoms with E-state index in [0.717, 1.165) is 36.2 Å². The maximum atomic E-state index is 12.8. The highest BCUT2D eigenvalue weighted by Crippen LogP contribution is 2.22. The summed E-state index contributed by atoms with van der Waals surface area (Å²) in [5.41, 5.74) is 6.55. The number of ether oxygens (including phenoxy) is 1. The van der Waals surface area contributed by atoms with Crippen LogP contribution in [0.3, 0.4) is 0 Å². The monoisotopic (exact) mass is 577 g/mol. The molecule has 0 atom stereocenters. The number of hydrogen-bond donors (Lipinski definition) is 1. The molecule has 3 aromatic rings. The number of carbonyl (C=O) groups excluding carboxylic acids is 2. The summed E-state index contributed by atoms with van der Waals surface area (Å²) in [6.07, 6.45) is 15.8. The number of nitrogens with zero attached hydrogens (tertiary/aromatic N) is 1. The first kappa shape index (κ1) is 32.5. The largest absolute Gasteiger partial charge is 0.493 e. The average Bonchev–Trinajstić information content (AvgIpc) is 3.35. The minimum atomic E-state index is -0.110. The van der Waals surface area contributed by atoms with E-state index in [1.807, 2.05) is 30.3 Å². The number of hydrogen-bond acceptors (Lipinski definition) is 4. The van der Waals surface area contributed by atoms with Crippen LogP contribution in [-0.4, -0.2) is 18.3 Å². The maximum absolute atomic E-state index is 12.8. The number of carbonyl (C=O) groups is 2. The van der Waals surface area contributed by atoms with Gasteiger partial charge in [-0.3, -0.25) is 9.59 Å². The molecule has 6 heteroatoms. The topological polar surface area (TPSA) is 59.3 Å². The van der Waals surface area contributed by atoms with E-state index >= 15 is 0 Å². The molecule has 1 heterocycles. The summed E-state index contributed by atoms with van der Waals surface area (Å²) in [6, 6.07) is 13.5. The van der Waals surface area contributed by atoms with E-state index in [2.05, 4.69) is 40.7 Å². The molecule has 1 amide bonds. The number of thiazole rings is 1. The van der Waals surface area contributed by atoms with Crippen LogP contribution in [-0.2, 0) is 17.8 Å². The van der Waals surface area contributed by atoms with Gasteiger partial charge in [0, 0.05) is 18.2 Å². The molecule has 0 saturated carbocycles.